The number of nitrogens with two attached hydrogens (primary N) is 1. The molecular formula is C21H24ClF3N2O2. The zero-order valence-corrected chi connectivity index (χ0v) is 16.8. The molecule has 0 radical (unpaired) electrons. The van der Waals surface area contributed by atoms with Crippen LogP contribution in [0.25, 0.3) is 0 Å². The Morgan fingerprint density at radius 2 is 1.83 bits per heavy atom. The number of hydrogen-bond acceptors (Lipinski definition) is 3. The molecule has 0 aromatic heterocycles. The zero-order valence-electron chi connectivity index (χ0n) is 16.0. The van der Waals surface area contributed by atoms with Gasteiger partial charge in [-0.25, -0.2) is 0 Å². The number of benzene rings is 2. The molecule has 8 heteroatoms. The maximum absolute atomic E-state index is 12.9. The number of ether oxygens (including phenoxy) is 1. The van der Waals surface area contributed by atoms with Crippen molar-refractivity contribution in [1.29, 1.82) is 0 Å². The van der Waals surface area contributed by atoms with Crippen LogP contribution in [0.1, 0.15) is 35.7 Å². The first kappa shape index (κ1) is 23.0. The minimum absolute atomic E-state index is 0. The molecule has 29 heavy (non-hydrogen) atoms. The predicted molar refractivity (Wildman–Crippen MR) is 107 cm³/mol. The Labute approximate surface area is 174 Å². The molecule has 2 aromatic rings. The van der Waals surface area contributed by atoms with Crippen molar-refractivity contribution in [3.63, 3.8) is 0 Å². The third-order valence-electron chi connectivity index (χ3n) is 4.97. The summed E-state index contributed by atoms with van der Waals surface area (Å²) in [5, 5.41) is 0. The smallest absolute Gasteiger partial charge is 0.416 e. The normalized spacial score (nSPS) is 18.0. The van der Waals surface area contributed by atoms with E-state index >= 15 is 0 Å². The summed E-state index contributed by atoms with van der Waals surface area (Å²) in [6.07, 6.45) is -2.54. The average molecular weight is 429 g/mol. The van der Waals surface area contributed by atoms with E-state index in [2.05, 4.69) is 0 Å². The molecule has 2 unspecified atom stereocenters. The third-order valence-corrected chi connectivity index (χ3v) is 4.97. The summed E-state index contributed by atoms with van der Waals surface area (Å²) in [4.78, 5) is 14.6. The van der Waals surface area contributed by atoms with E-state index in [1.807, 2.05) is 6.92 Å². The maximum atomic E-state index is 12.9. The highest BCUT2D eigenvalue weighted by atomic mass is 35.5. The van der Waals surface area contributed by atoms with Crippen LogP contribution in [-0.4, -0.2) is 29.9 Å². The van der Waals surface area contributed by atoms with Crippen LogP contribution in [0.15, 0.2) is 48.5 Å². The van der Waals surface area contributed by atoms with Gasteiger partial charge in [-0.05, 0) is 62.1 Å². The van der Waals surface area contributed by atoms with Gasteiger partial charge in [0, 0.05) is 24.7 Å². The molecule has 0 saturated carbocycles. The Morgan fingerprint density at radius 1 is 1.17 bits per heavy atom. The van der Waals surface area contributed by atoms with Crippen LogP contribution in [0, 0.1) is 5.92 Å². The number of amides is 1. The van der Waals surface area contributed by atoms with Gasteiger partial charge in [0.25, 0.3) is 5.91 Å². The first-order valence-corrected chi connectivity index (χ1v) is 9.24. The topological polar surface area (TPSA) is 55.6 Å². The van der Waals surface area contributed by atoms with E-state index in [9.17, 15) is 18.0 Å². The fourth-order valence-electron chi connectivity index (χ4n) is 3.37. The highest BCUT2D eigenvalue weighted by Crippen LogP contribution is 2.33. The van der Waals surface area contributed by atoms with E-state index in [0.29, 0.717) is 24.4 Å². The van der Waals surface area contributed by atoms with E-state index in [1.165, 1.54) is 12.1 Å². The van der Waals surface area contributed by atoms with Crippen molar-refractivity contribution in [2.75, 3.05) is 13.1 Å². The summed E-state index contributed by atoms with van der Waals surface area (Å²) >= 11 is 0. The number of hydrogen-bond donors (Lipinski definition) is 1. The maximum Gasteiger partial charge on any atom is 0.416 e. The van der Waals surface area contributed by atoms with Gasteiger partial charge >= 0.3 is 6.18 Å². The minimum Gasteiger partial charge on any atom is -0.457 e. The standard InChI is InChI=1S/C21H23F3N2O2.ClH/c1-14(25)16-6-4-10-26(13-16)20(27)15-5-2-8-18(11-15)28-19-9-3-7-17(12-19)21(22,23)24;/h2-3,5,7-9,11-12,14,16H,4,6,10,13,25H2,1H3;1H. The van der Waals surface area contributed by atoms with Crippen LogP contribution in [0.2, 0.25) is 0 Å². The van der Waals surface area contributed by atoms with Gasteiger partial charge in [0.1, 0.15) is 11.5 Å². The van der Waals surface area contributed by atoms with Crippen LogP contribution in [-0.2, 0) is 6.18 Å². The molecule has 2 aromatic carbocycles. The molecule has 1 saturated heterocycles. The molecule has 2 N–H and O–H groups in total. The van der Waals surface area contributed by atoms with Gasteiger partial charge in [-0.3, -0.25) is 4.79 Å². The Bertz CT molecular complexity index is 843. The largest absolute Gasteiger partial charge is 0.457 e. The van der Waals surface area contributed by atoms with Crippen LogP contribution >= 0.6 is 12.4 Å². The summed E-state index contributed by atoms with van der Waals surface area (Å²) in [6, 6.07) is 11.2. The first-order chi connectivity index (χ1) is 13.2. The summed E-state index contributed by atoms with van der Waals surface area (Å²) in [5.74, 6) is 0.516. The SMILES string of the molecule is CC(N)C1CCCN(C(=O)c2cccc(Oc3cccc(C(F)(F)F)c3)c2)C1.Cl. The molecule has 0 spiro atoms. The molecule has 0 aliphatic carbocycles. The second-order valence-corrected chi connectivity index (χ2v) is 7.17. The van der Waals surface area contributed by atoms with Gasteiger partial charge in [-0.15, -0.1) is 12.4 Å². The van der Waals surface area contributed by atoms with Gasteiger partial charge in [0.2, 0.25) is 0 Å². The van der Waals surface area contributed by atoms with Crippen molar-refractivity contribution in [2.24, 2.45) is 11.7 Å². The number of alkyl halides is 3. The average Bonchev–Trinajstić information content (AvgIpc) is 2.67. The van der Waals surface area contributed by atoms with E-state index in [-0.39, 0.29) is 36.0 Å². The summed E-state index contributed by atoms with van der Waals surface area (Å²) in [5.41, 5.74) is 5.64. The monoisotopic (exact) mass is 428 g/mol. The minimum atomic E-state index is -4.44. The number of carbonyl (C=O) groups is 1. The summed E-state index contributed by atoms with van der Waals surface area (Å²) in [6.45, 7) is 3.22. The Balaban J connectivity index is 0.00000300. The third kappa shape index (κ3) is 5.87. The van der Waals surface area contributed by atoms with Crippen LogP contribution < -0.4 is 10.5 Å². The zero-order chi connectivity index (χ0) is 20.3. The lowest BCUT2D eigenvalue weighted by Crippen LogP contribution is -2.45. The highest BCUT2D eigenvalue weighted by Gasteiger charge is 2.31. The number of rotatable bonds is 4. The molecule has 158 valence electrons. The molecular weight excluding hydrogens is 405 g/mol. The van der Waals surface area contributed by atoms with Crippen LogP contribution in [0.4, 0.5) is 13.2 Å². The molecule has 3 rings (SSSR count). The lowest BCUT2D eigenvalue weighted by Gasteiger charge is -2.34. The lowest BCUT2D eigenvalue weighted by molar-refractivity contribution is -0.137. The van der Waals surface area contributed by atoms with E-state index in [1.54, 1.807) is 29.2 Å². The van der Waals surface area contributed by atoms with Crippen molar-refractivity contribution < 1.29 is 22.7 Å². The van der Waals surface area contributed by atoms with E-state index in [4.69, 9.17) is 10.5 Å². The fourth-order valence-corrected chi connectivity index (χ4v) is 3.37. The van der Waals surface area contributed by atoms with Crippen molar-refractivity contribution in [3.05, 3.63) is 59.7 Å². The Hall–Kier alpha value is -2.25. The van der Waals surface area contributed by atoms with Gasteiger partial charge in [-0.1, -0.05) is 12.1 Å². The predicted octanol–water partition coefficient (Wildman–Crippen LogP) is 5.12. The van der Waals surface area contributed by atoms with Crippen LogP contribution in [0.5, 0.6) is 11.5 Å². The Morgan fingerprint density at radius 3 is 2.48 bits per heavy atom. The Kier molecular flexibility index (Phi) is 7.54. The van der Waals surface area contributed by atoms with Gasteiger partial charge in [-0.2, -0.15) is 13.2 Å². The molecule has 1 heterocycles. The molecule has 1 amide bonds. The second kappa shape index (κ2) is 9.50. The number of likely N-dealkylation sites (tertiary alicyclic amines) is 1. The number of halogens is 4. The molecule has 1 aliphatic heterocycles. The second-order valence-electron chi connectivity index (χ2n) is 7.17. The number of carbonyl (C=O) groups excluding carboxylic acids is 1. The van der Waals surface area contributed by atoms with E-state index < -0.39 is 11.7 Å². The van der Waals surface area contributed by atoms with Crippen molar-refractivity contribution in [3.8, 4) is 11.5 Å². The van der Waals surface area contributed by atoms with Crippen molar-refractivity contribution in [2.45, 2.75) is 32.0 Å². The molecule has 2 atom stereocenters. The van der Waals surface area contributed by atoms with Gasteiger partial charge < -0.3 is 15.4 Å². The molecule has 1 aliphatic rings. The van der Waals surface area contributed by atoms with Gasteiger partial charge in [0.15, 0.2) is 0 Å². The van der Waals surface area contributed by atoms with E-state index in [0.717, 1.165) is 25.0 Å². The fraction of sp³-hybridized carbons (Fsp3) is 0.381. The molecule has 1 fully saturated rings. The lowest BCUT2D eigenvalue weighted by atomic mass is 9.92. The summed E-state index contributed by atoms with van der Waals surface area (Å²) in [7, 11) is 0. The highest BCUT2D eigenvalue weighted by molar-refractivity contribution is 5.94. The van der Waals surface area contributed by atoms with Crippen molar-refractivity contribution in [1.82, 2.24) is 4.90 Å². The number of piperidine rings is 1. The van der Waals surface area contributed by atoms with Gasteiger partial charge in [0.05, 0.1) is 5.56 Å². The summed E-state index contributed by atoms with van der Waals surface area (Å²) < 4.78 is 44.1. The first-order valence-electron chi connectivity index (χ1n) is 9.24. The number of nitrogens with zero attached hydrogens (tertiary/aromatic N) is 1. The van der Waals surface area contributed by atoms with Crippen LogP contribution in [0.3, 0.4) is 0 Å². The van der Waals surface area contributed by atoms with Crippen molar-refractivity contribution >= 4 is 18.3 Å². The molecule has 0 bridgehead atoms. The quantitative estimate of drug-likeness (QED) is 0.735. The molecule has 4 nitrogen and oxygen atoms in total.